The van der Waals surface area contributed by atoms with Crippen LogP contribution >= 0.6 is 11.3 Å². The number of allylic oxidation sites excluding steroid dienone is 2. The molecule has 0 spiro atoms. The number of nitrogens with one attached hydrogen (secondary N) is 1. The number of methoxy groups -OCH3 is 1. The van der Waals surface area contributed by atoms with Crippen molar-refractivity contribution in [3.05, 3.63) is 129 Å². The molecule has 1 saturated carbocycles. The van der Waals surface area contributed by atoms with Crippen LogP contribution in [0.15, 0.2) is 102 Å². The smallest absolute Gasteiger partial charge is 0.321 e. The Morgan fingerprint density at radius 1 is 1.00 bits per heavy atom. The second kappa shape index (κ2) is 16.0. The Hall–Kier alpha value is -4.24. The molecule has 7 nitrogen and oxygen atoms in total. The van der Waals surface area contributed by atoms with Crippen molar-refractivity contribution in [3.8, 4) is 5.75 Å². The van der Waals surface area contributed by atoms with Gasteiger partial charge in [0.05, 0.1) is 25.4 Å². The molecule has 3 N–H and O–H groups in total. The number of benzene rings is 3. The molecule has 1 aromatic heterocycles. The van der Waals surface area contributed by atoms with Gasteiger partial charge in [0.2, 0.25) is 0 Å². The first-order chi connectivity index (χ1) is 24.6. The summed E-state index contributed by atoms with van der Waals surface area (Å²) in [7, 11) is 1.61. The van der Waals surface area contributed by atoms with Crippen LogP contribution in [0.25, 0.3) is 0 Å². The van der Waals surface area contributed by atoms with Gasteiger partial charge in [0.15, 0.2) is 5.78 Å². The zero-order valence-electron chi connectivity index (χ0n) is 29.9. The molecule has 0 radical (unpaired) electrons. The molecule has 0 saturated heterocycles. The number of anilines is 1. The second-order valence-electron chi connectivity index (χ2n) is 14.6. The molecule has 2 bridgehead atoms. The van der Waals surface area contributed by atoms with Gasteiger partial charge in [-0.1, -0.05) is 67.1 Å². The molecule has 8 heteroatoms. The van der Waals surface area contributed by atoms with Gasteiger partial charge in [-0.3, -0.25) is 4.79 Å². The van der Waals surface area contributed by atoms with Crippen LogP contribution in [-0.4, -0.2) is 58.8 Å². The van der Waals surface area contributed by atoms with Crippen LogP contribution in [0.1, 0.15) is 90.2 Å². The van der Waals surface area contributed by atoms with Crippen LogP contribution in [0.4, 0.5) is 10.5 Å². The summed E-state index contributed by atoms with van der Waals surface area (Å²) in [6, 6.07) is 26.5. The maximum absolute atomic E-state index is 14.2. The Bertz CT molecular complexity index is 1820. The number of amides is 2. The molecule has 4 atom stereocenters. The average molecular weight is 707 g/mol. The number of hydrogen-bond acceptors (Lipinski definition) is 6. The predicted molar refractivity (Wildman–Crippen MR) is 205 cm³/mol. The van der Waals surface area contributed by atoms with Gasteiger partial charge in [0.1, 0.15) is 5.75 Å². The fourth-order valence-corrected chi connectivity index (χ4v) is 8.78. The molecule has 0 unspecified atom stereocenters. The molecule has 7 rings (SSSR count). The van der Waals surface area contributed by atoms with E-state index in [1.807, 2.05) is 78.2 Å². The minimum absolute atomic E-state index is 0.0565. The van der Waals surface area contributed by atoms with Gasteiger partial charge < -0.3 is 25.2 Å². The lowest BCUT2D eigenvalue weighted by molar-refractivity contribution is -0.0762. The van der Waals surface area contributed by atoms with E-state index in [9.17, 15) is 19.8 Å². The fraction of sp³-hybridized carbons (Fsp3) is 0.395. The second-order valence-corrected chi connectivity index (χ2v) is 15.6. The Labute approximate surface area is 306 Å². The van der Waals surface area contributed by atoms with E-state index in [0.29, 0.717) is 67.6 Å². The van der Waals surface area contributed by atoms with Crippen molar-refractivity contribution in [1.29, 1.82) is 0 Å². The summed E-state index contributed by atoms with van der Waals surface area (Å²) >= 11 is 1.66. The van der Waals surface area contributed by atoms with Crippen LogP contribution < -0.4 is 10.1 Å². The maximum atomic E-state index is 14.2. The summed E-state index contributed by atoms with van der Waals surface area (Å²) in [5, 5.41) is 29.0. The first kappa shape index (κ1) is 36.5. The SMILES string of the molecule is COc1ccc(NC(=O)N(CCc2cccs2)C[C@]2(O)CC[C@H]3c4ccc(cc4C(=O)c4ccccc4)C[C@@H](O)CCC(C)=CCC[C@@]32C)cc1. The summed E-state index contributed by atoms with van der Waals surface area (Å²) in [5.74, 6) is 0.512. The Morgan fingerprint density at radius 3 is 2.51 bits per heavy atom. The minimum atomic E-state index is -1.23. The molecule has 51 heavy (non-hydrogen) atoms. The molecule has 3 aliphatic carbocycles. The van der Waals surface area contributed by atoms with Crippen LogP contribution in [0, 0.1) is 5.41 Å². The minimum Gasteiger partial charge on any atom is -0.497 e. The molecule has 1 fully saturated rings. The molecule has 1 heterocycles. The molecule has 3 aromatic carbocycles. The Morgan fingerprint density at radius 2 is 1.78 bits per heavy atom. The van der Waals surface area contributed by atoms with Crippen LogP contribution in [0.5, 0.6) is 5.75 Å². The Balaban J connectivity index is 1.38. The summed E-state index contributed by atoms with van der Waals surface area (Å²) in [5.41, 5.74) is 3.06. The number of fused-ring (bicyclic) bond motifs is 8. The van der Waals surface area contributed by atoms with Gasteiger partial charge in [0.25, 0.3) is 0 Å². The first-order valence-corrected chi connectivity index (χ1v) is 19.0. The summed E-state index contributed by atoms with van der Waals surface area (Å²) in [6.07, 6.45) is 6.87. The van der Waals surface area contributed by atoms with Gasteiger partial charge in [-0.2, -0.15) is 0 Å². The van der Waals surface area contributed by atoms with Crippen molar-refractivity contribution in [2.75, 3.05) is 25.5 Å². The fourth-order valence-electron chi connectivity index (χ4n) is 8.09. The van der Waals surface area contributed by atoms with Crippen LogP contribution in [0.2, 0.25) is 0 Å². The van der Waals surface area contributed by atoms with E-state index in [1.165, 1.54) is 10.5 Å². The number of thiophene rings is 1. The zero-order valence-corrected chi connectivity index (χ0v) is 30.8. The highest BCUT2D eigenvalue weighted by molar-refractivity contribution is 7.09. The highest BCUT2D eigenvalue weighted by Gasteiger charge is 2.57. The van der Waals surface area contributed by atoms with Crippen LogP contribution in [-0.2, 0) is 12.8 Å². The number of urea groups is 1. The van der Waals surface area contributed by atoms with Gasteiger partial charge in [-0.05, 0) is 117 Å². The van der Waals surface area contributed by atoms with Gasteiger partial charge >= 0.3 is 6.03 Å². The summed E-state index contributed by atoms with van der Waals surface area (Å²) < 4.78 is 5.30. The van der Waals surface area contributed by atoms with Gasteiger partial charge in [-0.25, -0.2) is 4.79 Å². The summed E-state index contributed by atoms with van der Waals surface area (Å²) in [4.78, 5) is 31.3. The van der Waals surface area contributed by atoms with E-state index >= 15 is 0 Å². The van der Waals surface area contributed by atoms with E-state index in [2.05, 4.69) is 37.4 Å². The Kier molecular flexibility index (Phi) is 11.4. The number of aliphatic hydroxyl groups is 2. The number of ether oxygens (including phenoxy) is 1. The molecule has 4 aromatic rings. The normalized spacial score (nSPS) is 23.5. The van der Waals surface area contributed by atoms with Crippen LogP contribution in [0.3, 0.4) is 0 Å². The quantitative estimate of drug-likeness (QED) is 0.119. The summed E-state index contributed by atoms with van der Waals surface area (Å²) in [6.45, 7) is 4.87. The third kappa shape index (κ3) is 8.30. The van der Waals surface area contributed by atoms with Crippen molar-refractivity contribution >= 4 is 28.8 Å². The number of carbonyl (C=O) groups is 2. The third-order valence-corrected chi connectivity index (χ3v) is 12.2. The number of aliphatic hydroxyl groups excluding tert-OH is 1. The molecule has 0 aliphatic heterocycles. The standard InChI is InChI=1S/C43H50N2O5S/c1-30-9-7-23-42(2)39(37-20-14-31(27-34(46)17-13-30)28-38(37)40(47)32-10-5-4-6-11-32)21-24-43(42,49)29-45(25-22-36-12-8-26-51-36)41(48)44-33-15-18-35(50-3)19-16-33/h4-6,8-12,14-16,18-20,26,28,34,39,46,49H,7,13,17,21-25,27,29H2,1-3H3,(H,44,48)/t34-,39-,42-,43+/m0/s1. The van der Waals surface area contributed by atoms with Gasteiger partial charge in [0, 0.05) is 33.7 Å². The van der Waals surface area contributed by atoms with Crippen molar-refractivity contribution in [1.82, 2.24) is 4.90 Å². The lowest BCUT2D eigenvalue weighted by atomic mass is 9.64. The number of rotatable bonds is 9. The number of carbonyl (C=O) groups excluding carboxylic acids is 2. The lowest BCUT2D eigenvalue weighted by Gasteiger charge is -2.46. The van der Waals surface area contributed by atoms with E-state index in [4.69, 9.17) is 4.74 Å². The molecular weight excluding hydrogens is 657 g/mol. The first-order valence-electron chi connectivity index (χ1n) is 18.1. The molecule has 268 valence electrons. The topological polar surface area (TPSA) is 99.1 Å². The van der Waals surface area contributed by atoms with Gasteiger partial charge in [-0.15, -0.1) is 11.3 Å². The van der Waals surface area contributed by atoms with Crippen molar-refractivity contribution < 1.29 is 24.5 Å². The van der Waals surface area contributed by atoms with Crippen molar-refractivity contribution in [3.63, 3.8) is 0 Å². The highest BCUT2D eigenvalue weighted by atomic mass is 32.1. The largest absolute Gasteiger partial charge is 0.497 e. The van der Waals surface area contributed by atoms with E-state index in [-0.39, 0.29) is 24.3 Å². The maximum Gasteiger partial charge on any atom is 0.321 e. The third-order valence-electron chi connectivity index (χ3n) is 11.2. The van der Waals surface area contributed by atoms with E-state index in [1.54, 1.807) is 23.3 Å². The van der Waals surface area contributed by atoms with E-state index < -0.39 is 17.1 Å². The monoisotopic (exact) mass is 706 g/mol. The van der Waals surface area contributed by atoms with E-state index in [0.717, 1.165) is 24.0 Å². The van der Waals surface area contributed by atoms with Crippen molar-refractivity contribution in [2.45, 2.75) is 82.8 Å². The highest BCUT2D eigenvalue weighted by Crippen LogP contribution is 2.59. The zero-order chi connectivity index (χ0) is 36.0. The lowest BCUT2D eigenvalue weighted by Crippen LogP contribution is -2.54. The molecule has 2 amide bonds. The number of ketones is 1. The average Bonchev–Trinajstić information content (AvgIpc) is 3.75. The number of hydrogen-bond donors (Lipinski definition) is 3. The molecular formula is C43H50N2O5S. The molecule has 3 aliphatic rings. The predicted octanol–water partition coefficient (Wildman–Crippen LogP) is 8.80. The number of nitrogens with zero attached hydrogens (tertiary/aromatic N) is 1. The van der Waals surface area contributed by atoms with Crippen molar-refractivity contribution in [2.24, 2.45) is 5.41 Å².